The summed E-state index contributed by atoms with van der Waals surface area (Å²) < 4.78 is 39.2. The number of rotatable bonds is 42. The smallest absolute Gasteiger partial charge is 0.410 e. The molecule has 0 aromatic carbocycles. The molecule has 1 saturated heterocycles. The molecule has 0 spiro atoms. The number of hydrogen-bond acceptors (Lipinski definition) is 31. The van der Waals surface area contributed by atoms with Gasteiger partial charge in [0.2, 0.25) is 73.5 Å². The lowest BCUT2D eigenvalue weighted by Gasteiger charge is -2.29. The van der Waals surface area contributed by atoms with E-state index in [2.05, 4.69) is 64.8 Å². The summed E-state index contributed by atoms with van der Waals surface area (Å²) in [5.41, 5.74) is -0.921. The maximum absolute atomic E-state index is 15.1. The summed E-state index contributed by atoms with van der Waals surface area (Å²) in [5.74, 6) is -24.7. The largest absolute Gasteiger partial charge is 0.479 e. The van der Waals surface area contributed by atoms with E-state index < -0.39 is 294 Å². The predicted molar refractivity (Wildman–Crippen MR) is 406 cm³/mol. The summed E-state index contributed by atoms with van der Waals surface area (Å²) in [6, 6.07) is -18.1. The van der Waals surface area contributed by atoms with Crippen LogP contribution in [-0.4, -0.2) is 278 Å². The summed E-state index contributed by atoms with van der Waals surface area (Å²) in [7, 11) is 0.951. The van der Waals surface area contributed by atoms with Gasteiger partial charge in [0.15, 0.2) is 12.1 Å². The van der Waals surface area contributed by atoms with E-state index >= 15 is 9.59 Å². The van der Waals surface area contributed by atoms with Crippen molar-refractivity contribution in [2.45, 2.75) is 244 Å². The van der Waals surface area contributed by atoms with Crippen LogP contribution in [0, 0.1) is 17.8 Å². The van der Waals surface area contributed by atoms with Crippen LogP contribution in [0.3, 0.4) is 0 Å². The van der Waals surface area contributed by atoms with Gasteiger partial charge < -0.3 is 133 Å². The molecule has 13 amide bonds. The number of amides is 13. The van der Waals surface area contributed by atoms with E-state index in [0.29, 0.717) is 12.8 Å². The number of aliphatic hydroxyl groups is 4. The minimum atomic E-state index is -2.97. The van der Waals surface area contributed by atoms with E-state index in [1.54, 1.807) is 0 Å². The van der Waals surface area contributed by atoms with Crippen LogP contribution in [0.1, 0.15) is 171 Å². The number of alkyl halides is 1. The second-order valence-electron chi connectivity index (χ2n) is 27.7. The minimum Gasteiger partial charge on any atom is -0.479 e. The quantitative estimate of drug-likeness (QED) is 0.00715. The van der Waals surface area contributed by atoms with Crippen LogP contribution in [0.25, 0.3) is 0 Å². The van der Waals surface area contributed by atoms with Gasteiger partial charge in [-0.15, -0.1) is 11.6 Å². The van der Waals surface area contributed by atoms with Crippen molar-refractivity contribution in [3.8, 4) is 0 Å². The highest BCUT2D eigenvalue weighted by Crippen LogP contribution is 2.15. The molecular formula is C72H116ClN13O32. The second-order valence-corrected chi connectivity index (χ2v) is 28.1. The number of aliphatic carboxylic acids is 1. The second kappa shape index (κ2) is 58.1. The van der Waals surface area contributed by atoms with Crippen molar-refractivity contribution in [3.05, 3.63) is 11.8 Å². The summed E-state index contributed by atoms with van der Waals surface area (Å²) in [5, 5.41) is 82.4. The van der Waals surface area contributed by atoms with Gasteiger partial charge in [0.1, 0.15) is 61.1 Å². The number of carboxylic acids is 1. The number of carbonyl (C=O) groups excluding carboxylic acids is 18. The summed E-state index contributed by atoms with van der Waals surface area (Å²) in [4.78, 5) is 258. The fraction of sp³-hybridized carbons (Fsp3) is 0.708. The van der Waals surface area contributed by atoms with E-state index in [-0.39, 0.29) is 25.8 Å². The van der Waals surface area contributed by atoms with Crippen LogP contribution in [0.4, 0.5) is 14.4 Å². The maximum Gasteiger partial charge on any atom is 0.410 e. The Morgan fingerprint density at radius 2 is 0.958 bits per heavy atom. The zero-order valence-electron chi connectivity index (χ0n) is 67.8. The Balaban J connectivity index is 4.58. The molecule has 46 heteroatoms. The molecule has 0 aromatic rings. The number of carboxylic acid groups (broad SMARTS) is 1. The predicted octanol–water partition coefficient (Wildman–Crippen LogP) is -3.18. The third-order valence-electron chi connectivity index (χ3n) is 17.0. The number of ether oxygens (including phenoxy) is 8. The number of allylic oxidation sites excluding steroid dienone is 1. The van der Waals surface area contributed by atoms with Crippen molar-refractivity contribution < 1.29 is 155 Å². The lowest BCUT2D eigenvalue weighted by atomic mass is 10.0. The number of nitrogens with one attached hydrogen (secondary N) is 13. The van der Waals surface area contributed by atoms with Crippen LogP contribution < -0.4 is 69.1 Å². The van der Waals surface area contributed by atoms with Gasteiger partial charge in [-0.3, -0.25) is 67.1 Å². The van der Waals surface area contributed by atoms with Crippen LogP contribution in [0.15, 0.2) is 11.8 Å². The molecule has 1 heterocycles. The van der Waals surface area contributed by atoms with Crippen molar-refractivity contribution in [3.63, 3.8) is 0 Å². The zero-order chi connectivity index (χ0) is 89.1. The summed E-state index contributed by atoms with van der Waals surface area (Å²) in [6.07, 6.45) is -7.66. The molecule has 0 radical (unpaired) electrons. The monoisotopic (exact) mass is 1710 g/mol. The van der Waals surface area contributed by atoms with Crippen LogP contribution in [0.5, 0.6) is 0 Å². The molecular weight excluding hydrogens is 1590 g/mol. The molecule has 1 aliphatic heterocycles. The van der Waals surface area contributed by atoms with Crippen LogP contribution in [-0.2, 0) is 115 Å². The Kier molecular flexibility index (Phi) is 51.8. The molecule has 0 unspecified atom stereocenters. The van der Waals surface area contributed by atoms with Gasteiger partial charge in [0, 0.05) is 19.6 Å². The van der Waals surface area contributed by atoms with Gasteiger partial charge in [0.05, 0.1) is 61.9 Å². The topological polar surface area (TPSA) is 656 Å². The number of esters is 5. The normalized spacial score (nSPS) is 20.4. The standard InChI is InChI=1S/C72H116ClN13O32/c1-11-13-14-15-16-17-18-19-20-23-42(88)30-51(91)78-48-34-112-69(107)54(49(89)32-73)85-64(101)55(56(93)65(102)103)86-57(94)43(12-2)79-63(100)53(41(9)87)84-60(97)46(26-29-76-72(110)118-37-115-68(106)40(7)8)81-58(95)44(24-21-22-27-74-70(108)116-35-113-66(104)38(3)4)80-61(98)47(31-50(90)77-33-52(92)111-10)83-59(96)45(82-62(48)99)25-28-75-71(109)117-36-114-67(105)39(5)6/h12,38-42,44-49,53-56,87-89,93H,11,13-37H2,1-10H3,(H,74,108)(H,75,109)(H,76,110)(H,77,90)(H,78,91)(H,79,100)(H,80,98)(H,81,95)(H,82,99)(H,83,96)(H,84,97)(H,85,101)(H,86,94)(H,102,103)/b43-12-/t41-,42+,44-,45+,46-,47-,48-,49+,53-,54-,55-,56-/m0/s1. The van der Waals surface area contributed by atoms with E-state index in [4.69, 9.17) is 44.8 Å². The number of unbranched alkanes of at least 4 members (excludes halogenated alkanes) is 9. The molecule has 0 aliphatic carbocycles. The number of methoxy groups -OCH3 is 1. The number of halogens is 1. The van der Waals surface area contributed by atoms with Gasteiger partial charge in [-0.05, 0) is 52.4 Å². The van der Waals surface area contributed by atoms with Crippen molar-refractivity contribution in [2.75, 3.05) is 66.2 Å². The number of hydrogen-bond donors (Lipinski definition) is 18. The SMILES string of the molecule is C/C=C1\NC(=O)[C@H]([C@H](C)O)NC(=O)[C@H](CCNC(=O)OCOC(=O)C(C)C)NC(=O)[C@H](CCCCNC(=O)OCOC(=O)C(C)C)NC(=O)[C@H](CC(=O)NCC(=O)OC)NC(=O)[C@@H](CCNC(=O)OCOC(=O)C(C)C)NC(=O)[C@@H](NC(=O)C[C@H](O)CCCCCCCCCCC)COC(=O)[C@H]([C@H](O)CCl)NC(=O)[C@H]([C@H](O)C(=O)O)NC1=O. The highest BCUT2D eigenvalue weighted by atomic mass is 35.5. The molecule has 668 valence electrons. The van der Waals surface area contributed by atoms with Crippen LogP contribution in [0.2, 0.25) is 0 Å². The Labute approximate surface area is 685 Å². The number of cyclic esters (lactones) is 1. The van der Waals surface area contributed by atoms with Crippen molar-refractivity contribution in [1.29, 1.82) is 0 Å². The number of aliphatic hydroxyl groups excluding tert-OH is 4. The zero-order valence-corrected chi connectivity index (χ0v) is 68.5. The first-order valence-electron chi connectivity index (χ1n) is 38.3. The third kappa shape index (κ3) is 43.4. The minimum absolute atomic E-state index is 0.0602. The molecule has 0 saturated carbocycles. The Morgan fingerprint density at radius 1 is 0.508 bits per heavy atom. The van der Waals surface area contributed by atoms with E-state index in [0.717, 1.165) is 72.0 Å². The molecule has 45 nitrogen and oxygen atoms in total. The van der Waals surface area contributed by atoms with E-state index in [1.807, 2.05) is 16.0 Å². The van der Waals surface area contributed by atoms with Gasteiger partial charge >= 0.3 is 54.1 Å². The molecule has 0 bridgehead atoms. The number of carbonyl (C=O) groups is 19. The van der Waals surface area contributed by atoms with Gasteiger partial charge in [-0.25, -0.2) is 24.0 Å². The first kappa shape index (κ1) is 105. The average Bonchev–Trinajstić information content (AvgIpc) is 0.840. The van der Waals surface area contributed by atoms with Crippen molar-refractivity contribution >= 4 is 125 Å². The highest BCUT2D eigenvalue weighted by Gasteiger charge is 2.41. The molecule has 0 aromatic heterocycles. The Hall–Kier alpha value is -10.8. The molecule has 118 heavy (non-hydrogen) atoms. The van der Waals surface area contributed by atoms with Crippen molar-refractivity contribution in [1.82, 2.24) is 69.1 Å². The van der Waals surface area contributed by atoms with Gasteiger partial charge in [-0.1, -0.05) is 112 Å². The van der Waals surface area contributed by atoms with Gasteiger partial charge in [-0.2, -0.15) is 0 Å². The third-order valence-corrected chi connectivity index (χ3v) is 17.3. The maximum atomic E-state index is 15.1. The molecule has 1 fully saturated rings. The first-order valence-corrected chi connectivity index (χ1v) is 38.9. The molecule has 1 aliphatic rings. The van der Waals surface area contributed by atoms with Crippen molar-refractivity contribution in [2.24, 2.45) is 17.8 Å². The lowest BCUT2D eigenvalue weighted by molar-refractivity contribution is -0.156. The lowest BCUT2D eigenvalue weighted by Crippen LogP contribution is -2.62. The first-order chi connectivity index (χ1) is 55.7. The van der Waals surface area contributed by atoms with Gasteiger partial charge in [0.25, 0.3) is 5.91 Å². The summed E-state index contributed by atoms with van der Waals surface area (Å²) >= 11 is 5.96. The Morgan fingerprint density at radius 3 is 1.42 bits per heavy atom. The van der Waals surface area contributed by atoms with E-state index in [1.165, 1.54) is 41.5 Å². The Bertz CT molecular complexity index is 3380. The molecule has 12 atom stereocenters. The number of alkyl carbamates (subject to hydrolysis) is 3. The molecule has 18 N–H and O–H groups in total. The average molecular weight is 1710 g/mol. The van der Waals surface area contributed by atoms with E-state index in [9.17, 15) is 107 Å². The van der Waals surface area contributed by atoms with Crippen LogP contribution >= 0.6 is 11.6 Å². The fourth-order valence-corrected chi connectivity index (χ4v) is 10.3. The fourth-order valence-electron chi connectivity index (χ4n) is 10.1. The molecule has 1 rings (SSSR count). The highest BCUT2D eigenvalue weighted by molar-refractivity contribution is 6.18. The summed E-state index contributed by atoms with van der Waals surface area (Å²) in [6.45, 7) is 6.49.